The summed E-state index contributed by atoms with van der Waals surface area (Å²) in [4.78, 5) is 13.1. The van der Waals surface area contributed by atoms with Crippen LogP contribution in [0.4, 0.5) is 0 Å². The van der Waals surface area contributed by atoms with Gasteiger partial charge in [-0.1, -0.05) is 0 Å². The van der Waals surface area contributed by atoms with Gasteiger partial charge < -0.3 is 14.6 Å². The van der Waals surface area contributed by atoms with Gasteiger partial charge >= 0.3 is 5.97 Å². The van der Waals surface area contributed by atoms with Gasteiger partial charge in [0.25, 0.3) is 0 Å². The van der Waals surface area contributed by atoms with Crippen molar-refractivity contribution >= 4 is 5.97 Å². The van der Waals surface area contributed by atoms with Crippen LogP contribution in [0.1, 0.15) is 13.3 Å². The Kier molecular flexibility index (Phi) is 5.01. The van der Waals surface area contributed by atoms with Gasteiger partial charge in [-0.05, 0) is 6.92 Å². The van der Waals surface area contributed by atoms with E-state index in [4.69, 9.17) is 4.74 Å². The van der Waals surface area contributed by atoms with Crippen LogP contribution >= 0.6 is 0 Å². The maximum absolute atomic E-state index is 11.0. The van der Waals surface area contributed by atoms with Gasteiger partial charge in [0, 0.05) is 19.6 Å². The fraction of sp³-hybridized carbons (Fsp3) is 0.900. The van der Waals surface area contributed by atoms with Gasteiger partial charge in [-0.15, -0.1) is 0 Å². The third-order valence-corrected chi connectivity index (χ3v) is 2.37. The second kappa shape index (κ2) is 6.05. The molecule has 5 nitrogen and oxygen atoms in total. The lowest BCUT2D eigenvalue weighted by Crippen LogP contribution is -2.45. The maximum atomic E-state index is 11.0. The minimum Gasteiger partial charge on any atom is -0.469 e. The lowest BCUT2D eigenvalue weighted by molar-refractivity contribution is -0.145. The van der Waals surface area contributed by atoms with Crippen LogP contribution in [0.3, 0.4) is 0 Å². The topological polar surface area (TPSA) is 59.0 Å². The Balaban J connectivity index is 2.32. The summed E-state index contributed by atoms with van der Waals surface area (Å²) < 4.78 is 10.0. The highest BCUT2D eigenvalue weighted by atomic mass is 16.5. The van der Waals surface area contributed by atoms with Gasteiger partial charge in [0.1, 0.15) is 0 Å². The molecule has 0 saturated carbocycles. The van der Waals surface area contributed by atoms with E-state index in [0.717, 1.165) is 6.54 Å². The average Bonchev–Trinajstić information content (AvgIpc) is 2.17. The Morgan fingerprint density at radius 2 is 2.47 bits per heavy atom. The molecule has 1 rings (SSSR count). The van der Waals surface area contributed by atoms with Crippen LogP contribution in [-0.4, -0.2) is 61.5 Å². The molecule has 0 spiro atoms. The number of carbonyl (C=O) groups is 1. The Morgan fingerprint density at radius 1 is 1.73 bits per heavy atom. The lowest BCUT2D eigenvalue weighted by atomic mass is 10.2. The first-order valence-electron chi connectivity index (χ1n) is 5.20. The van der Waals surface area contributed by atoms with Crippen LogP contribution in [0.2, 0.25) is 0 Å². The third kappa shape index (κ3) is 4.59. The number of nitrogens with zero attached hydrogens (tertiary/aromatic N) is 1. The Bertz CT molecular complexity index is 208. The Hall–Kier alpha value is -0.650. The van der Waals surface area contributed by atoms with E-state index in [-0.39, 0.29) is 24.6 Å². The first-order valence-corrected chi connectivity index (χ1v) is 5.20. The van der Waals surface area contributed by atoms with Crippen LogP contribution < -0.4 is 0 Å². The van der Waals surface area contributed by atoms with Gasteiger partial charge in [0.05, 0.1) is 32.3 Å². The third-order valence-electron chi connectivity index (χ3n) is 2.37. The van der Waals surface area contributed by atoms with Gasteiger partial charge in [0.15, 0.2) is 0 Å². The molecule has 1 aliphatic heterocycles. The molecule has 0 aromatic carbocycles. The summed E-state index contributed by atoms with van der Waals surface area (Å²) in [6.45, 7) is 4.47. The highest BCUT2D eigenvalue weighted by Crippen LogP contribution is 2.09. The lowest BCUT2D eigenvalue weighted by Gasteiger charge is -2.33. The molecule has 1 N–H and O–H groups in total. The number of carbonyl (C=O) groups excluding carboxylic acids is 1. The first-order chi connectivity index (χ1) is 7.11. The largest absolute Gasteiger partial charge is 0.469 e. The van der Waals surface area contributed by atoms with Gasteiger partial charge in [-0.25, -0.2) is 0 Å². The van der Waals surface area contributed by atoms with E-state index in [2.05, 4.69) is 9.64 Å². The summed E-state index contributed by atoms with van der Waals surface area (Å²) in [5.41, 5.74) is 0. The predicted octanol–water partition coefficient (Wildman–Crippen LogP) is -0.369. The summed E-state index contributed by atoms with van der Waals surface area (Å²) in [7, 11) is 1.37. The molecule has 2 unspecified atom stereocenters. The highest BCUT2D eigenvalue weighted by Gasteiger charge is 2.23. The second-order valence-electron chi connectivity index (χ2n) is 3.88. The van der Waals surface area contributed by atoms with E-state index in [0.29, 0.717) is 19.7 Å². The van der Waals surface area contributed by atoms with E-state index >= 15 is 0 Å². The number of ether oxygens (including phenoxy) is 2. The highest BCUT2D eigenvalue weighted by molar-refractivity contribution is 5.69. The second-order valence-corrected chi connectivity index (χ2v) is 3.88. The molecule has 0 bridgehead atoms. The van der Waals surface area contributed by atoms with Gasteiger partial charge in [0.2, 0.25) is 0 Å². The molecule has 5 heteroatoms. The summed E-state index contributed by atoms with van der Waals surface area (Å²) in [5, 5.41) is 9.24. The number of esters is 1. The predicted molar refractivity (Wildman–Crippen MR) is 54.5 cm³/mol. The minimum absolute atomic E-state index is 0.107. The molecular formula is C10H19NO4. The van der Waals surface area contributed by atoms with E-state index in [1.807, 2.05) is 0 Å². The SMILES string of the molecule is COC(=O)CC1CN(CC(C)O)CCO1. The summed E-state index contributed by atoms with van der Waals surface area (Å²) >= 11 is 0. The average molecular weight is 217 g/mol. The fourth-order valence-electron chi connectivity index (χ4n) is 1.71. The Labute approximate surface area is 90.0 Å². The molecular weight excluding hydrogens is 198 g/mol. The zero-order valence-corrected chi connectivity index (χ0v) is 9.31. The van der Waals surface area contributed by atoms with Crippen LogP contribution in [0, 0.1) is 0 Å². The van der Waals surface area contributed by atoms with Gasteiger partial charge in [-0.2, -0.15) is 0 Å². The number of rotatable bonds is 4. The fourth-order valence-corrected chi connectivity index (χ4v) is 1.71. The number of aliphatic hydroxyl groups is 1. The Morgan fingerprint density at radius 3 is 3.07 bits per heavy atom. The van der Waals surface area contributed by atoms with E-state index in [1.165, 1.54) is 7.11 Å². The smallest absolute Gasteiger partial charge is 0.308 e. The molecule has 1 saturated heterocycles. The van der Waals surface area contributed by atoms with Crippen LogP contribution in [0.15, 0.2) is 0 Å². The molecule has 0 amide bonds. The number of β-amino-alcohol motifs (C(OH)–C–C–N with tert-alkyl or cyclic N) is 1. The van der Waals surface area contributed by atoms with Crippen LogP contribution in [0.5, 0.6) is 0 Å². The normalized spacial score (nSPS) is 24.9. The summed E-state index contributed by atoms with van der Waals surface area (Å²) in [6, 6.07) is 0. The van der Waals surface area contributed by atoms with Crippen molar-refractivity contribution in [3.63, 3.8) is 0 Å². The first kappa shape index (κ1) is 12.4. The van der Waals surface area contributed by atoms with Crippen molar-refractivity contribution < 1.29 is 19.4 Å². The number of hydrogen-bond acceptors (Lipinski definition) is 5. The number of aliphatic hydroxyl groups excluding tert-OH is 1. The summed E-state index contributed by atoms with van der Waals surface area (Å²) in [6.07, 6.45) is -0.167. The van der Waals surface area contributed by atoms with Crippen molar-refractivity contribution in [2.75, 3.05) is 33.4 Å². The van der Waals surface area contributed by atoms with Crippen molar-refractivity contribution in [1.29, 1.82) is 0 Å². The zero-order valence-electron chi connectivity index (χ0n) is 9.31. The number of morpholine rings is 1. The standard InChI is InChI=1S/C10H19NO4/c1-8(12)6-11-3-4-15-9(7-11)5-10(13)14-2/h8-9,12H,3-7H2,1-2H3. The quantitative estimate of drug-likeness (QED) is 0.651. The molecule has 0 aliphatic carbocycles. The molecule has 0 radical (unpaired) electrons. The van der Waals surface area contributed by atoms with Crippen molar-refractivity contribution in [3.05, 3.63) is 0 Å². The van der Waals surface area contributed by atoms with Crippen molar-refractivity contribution in [2.45, 2.75) is 25.6 Å². The van der Waals surface area contributed by atoms with Crippen molar-refractivity contribution in [2.24, 2.45) is 0 Å². The molecule has 15 heavy (non-hydrogen) atoms. The monoisotopic (exact) mass is 217 g/mol. The number of methoxy groups -OCH3 is 1. The zero-order chi connectivity index (χ0) is 11.3. The molecule has 0 aromatic rings. The molecule has 88 valence electrons. The molecule has 2 atom stereocenters. The molecule has 1 fully saturated rings. The van der Waals surface area contributed by atoms with Crippen LogP contribution in [0.25, 0.3) is 0 Å². The summed E-state index contributed by atoms with van der Waals surface area (Å²) in [5.74, 6) is -0.251. The number of hydrogen-bond donors (Lipinski definition) is 1. The molecule has 0 aromatic heterocycles. The van der Waals surface area contributed by atoms with E-state index in [9.17, 15) is 9.90 Å². The van der Waals surface area contributed by atoms with Crippen molar-refractivity contribution in [1.82, 2.24) is 4.90 Å². The van der Waals surface area contributed by atoms with E-state index in [1.54, 1.807) is 6.92 Å². The maximum Gasteiger partial charge on any atom is 0.308 e. The van der Waals surface area contributed by atoms with E-state index < -0.39 is 0 Å². The van der Waals surface area contributed by atoms with Gasteiger partial charge in [-0.3, -0.25) is 9.69 Å². The van der Waals surface area contributed by atoms with Crippen molar-refractivity contribution in [3.8, 4) is 0 Å². The minimum atomic E-state index is -0.345. The molecule has 1 aliphatic rings. The van der Waals surface area contributed by atoms with Crippen LogP contribution in [-0.2, 0) is 14.3 Å². The molecule has 1 heterocycles.